The lowest BCUT2D eigenvalue weighted by Gasteiger charge is -2.30. The number of carboxylic acids is 1. The zero-order chi connectivity index (χ0) is 29.9. The highest BCUT2D eigenvalue weighted by molar-refractivity contribution is 7.89. The van der Waals surface area contributed by atoms with Crippen molar-refractivity contribution < 1.29 is 37.3 Å². The lowest BCUT2D eigenvalue weighted by Crippen LogP contribution is -2.45. The average molecular weight is 603 g/mol. The van der Waals surface area contributed by atoms with Crippen LogP contribution in [-0.4, -0.2) is 98.0 Å². The van der Waals surface area contributed by atoms with Gasteiger partial charge in [0.25, 0.3) is 0 Å². The number of methoxy groups -OCH3 is 1. The Morgan fingerprint density at radius 3 is 2.76 bits per heavy atom. The van der Waals surface area contributed by atoms with E-state index in [0.717, 1.165) is 12.8 Å². The Morgan fingerprint density at radius 2 is 2.10 bits per heavy atom. The summed E-state index contributed by atoms with van der Waals surface area (Å²) in [5.41, 5.74) is 1.38. The average Bonchev–Trinajstić information content (AvgIpc) is 3.68. The van der Waals surface area contributed by atoms with E-state index in [2.05, 4.69) is 11.9 Å². The quantitative estimate of drug-likeness (QED) is 0.386. The van der Waals surface area contributed by atoms with Gasteiger partial charge in [0.2, 0.25) is 28.5 Å². The lowest BCUT2D eigenvalue weighted by molar-refractivity contribution is -0.143. The van der Waals surface area contributed by atoms with Crippen molar-refractivity contribution in [1.82, 2.24) is 14.2 Å². The van der Waals surface area contributed by atoms with Crippen LogP contribution in [0.5, 0.6) is 17.2 Å². The van der Waals surface area contributed by atoms with Gasteiger partial charge in [-0.2, -0.15) is 0 Å². The molecule has 4 heterocycles. The van der Waals surface area contributed by atoms with Crippen LogP contribution in [0.4, 0.5) is 5.69 Å². The molecule has 5 rings (SSSR count). The minimum absolute atomic E-state index is 0.0159. The number of carbonyl (C=O) groups is 2. The summed E-state index contributed by atoms with van der Waals surface area (Å²) >= 11 is 0. The lowest BCUT2D eigenvalue weighted by atomic mass is 9.84. The number of hydrogen-bond acceptors (Lipinski definition) is 9. The molecule has 2 fully saturated rings. The van der Waals surface area contributed by atoms with Crippen molar-refractivity contribution in [2.24, 2.45) is 5.92 Å². The zero-order valence-corrected chi connectivity index (χ0v) is 24.8. The van der Waals surface area contributed by atoms with Crippen LogP contribution in [0.3, 0.4) is 0 Å². The molecule has 0 saturated carbocycles. The molecule has 3 atom stereocenters. The number of aromatic nitrogens is 1. The number of nitrogens with zero attached hydrogens (tertiary/aromatic N) is 4. The van der Waals surface area contributed by atoms with Crippen LogP contribution in [0, 0.1) is 5.92 Å². The van der Waals surface area contributed by atoms with Gasteiger partial charge >= 0.3 is 5.97 Å². The molecule has 3 aliphatic rings. The number of unbranched alkanes of at least 4 members (excludes halogenated alkanes) is 1. The predicted octanol–water partition coefficient (Wildman–Crippen LogP) is 2.55. The molecule has 3 aliphatic heterocycles. The Kier molecular flexibility index (Phi) is 9.19. The van der Waals surface area contributed by atoms with Crippen molar-refractivity contribution in [3.05, 3.63) is 42.2 Å². The van der Waals surface area contributed by atoms with Gasteiger partial charge in [-0.05, 0) is 49.1 Å². The van der Waals surface area contributed by atoms with Crippen LogP contribution in [0.2, 0.25) is 0 Å². The third-order valence-corrected chi connectivity index (χ3v) is 10.3. The number of aliphatic carboxylic acids is 1. The van der Waals surface area contributed by atoms with E-state index in [4.69, 9.17) is 14.2 Å². The number of anilines is 1. The standard InChI is InChI=1S/C29H38N4O8S/c1-3-4-11-33(21-7-5-9-30-16-21)26(34)18-31-17-22(20-14-24(39-2)28-25(15-20)40-19-41-28)27(29(35)36)23(31)8-12-32-10-6-13-42(32,37)38/h5,7,9,14-16,22-23,27H,3-4,6,8,10-13,17-19H2,1-2H3,(H,35,36). The summed E-state index contributed by atoms with van der Waals surface area (Å²) in [6.45, 7) is 3.49. The molecule has 228 valence electrons. The number of ether oxygens (including phenoxy) is 3. The van der Waals surface area contributed by atoms with Crippen LogP contribution in [0.1, 0.15) is 44.1 Å². The molecular formula is C29H38N4O8S. The van der Waals surface area contributed by atoms with Gasteiger partial charge < -0.3 is 24.2 Å². The van der Waals surface area contributed by atoms with Crippen LogP contribution in [0.25, 0.3) is 0 Å². The molecule has 2 aromatic rings. The molecule has 0 bridgehead atoms. The van der Waals surface area contributed by atoms with Crippen LogP contribution in [-0.2, 0) is 19.6 Å². The first-order valence-electron chi connectivity index (χ1n) is 14.4. The van der Waals surface area contributed by atoms with Crippen molar-refractivity contribution in [3.63, 3.8) is 0 Å². The van der Waals surface area contributed by atoms with E-state index in [1.54, 1.807) is 35.5 Å². The number of likely N-dealkylation sites (tertiary alicyclic amines) is 1. The second-order valence-corrected chi connectivity index (χ2v) is 13.0. The summed E-state index contributed by atoms with van der Waals surface area (Å²) in [6.07, 6.45) is 5.83. The predicted molar refractivity (Wildman–Crippen MR) is 154 cm³/mol. The molecule has 3 unspecified atom stereocenters. The van der Waals surface area contributed by atoms with E-state index in [1.165, 1.54) is 11.4 Å². The highest BCUT2D eigenvalue weighted by atomic mass is 32.2. The Hall–Kier alpha value is -3.42. The van der Waals surface area contributed by atoms with Crippen molar-refractivity contribution in [2.75, 3.05) is 57.3 Å². The summed E-state index contributed by atoms with van der Waals surface area (Å²) in [6, 6.07) is 6.58. The van der Waals surface area contributed by atoms with E-state index >= 15 is 0 Å². The first-order valence-corrected chi connectivity index (χ1v) is 16.0. The van der Waals surface area contributed by atoms with E-state index in [-0.39, 0.29) is 44.5 Å². The number of sulfonamides is 1. The van der Waals surface area contributed by atoms with Gasteiger partial charge in [0.15, 0.2) is 11.5 Å². The van der Waals surface area contributed by atoms with Gasteiger partial charge in [0.1, 0.15) is 0 Å². The molecule has 42 heavy (non-hydrogen) atoms. The molecule has 0 aliphatic carbocycles. The molecule has 1 N–H and O–H groups in total. The first-order chi connectivity index (χ1) is 20.2. The Balaban J connectivity index is 1.47. The molecule has 1 aromatic carbocycles. The van der Waals surface area contributed by atoms with Gasteiger partial charge in [0, 0.05) is 44.3 Å². The van der Waals surface area contributed by atoms with E-state index in [9.17, 15) is 23.1 Å². The van der Waals surface area contributed by atoms with Crippen LogP contribution >= 0.6 is 0 Å². The van der Waals surface area contributed by atoms with E-state index in [1.807, 2.05) is 11.0 Å². The van der Waals surface area contributed by atoms with Crippen LogP contribution in [0.15, 0.2) is 36.7 Å². The fraction of sp³-hybridized carbons (Fsp3) is 0.552. The minimum atomic E-state index is -3.36. The van der Waals surface area contributed by atoms with Gasteiger partial charge in [-0.3, -0.25) is 19.5 Å². The van der Waals surface area contributed by atoms with Gasteiger partial charge in [-0.1, -0.05) is 13.3 Å². The highest BCUT2D eigenvalue weighted by Crippen LogP contribution is 2.47. The number of pyridine rings is 1. The summed E-state index contributed by atoms with van der Waals surface area (Å²) in [4.78, 5) is 34.5. The van der Waals surface area contributed by atoms with Crippen molar-refractivity contribution in [2.45, 2.75) is 44.6 Å². The summed E-state index contributed by atoms with van der Waals surface area (Å²) in [5.74, 6) is -1.07. The largest absolute Gasteiger partial charge is 0.493 e. The molecule has 1 aromatic heterocycles. The summed E-state index contributed by atoms with van der Waals surface area (Å²) in [7, 11) is -1.85. The van der Waals surface area contributed by atoms with Crippen molar-refractivity contribution in [1.29, 1.82) is 0 Å². The first kappa shape index (κ1) is 30.1. The topological polar surface area (TPSA) is 139 Å². The van der Waals surface area contributed by atoms with Crippen LogP contribution < -0.4 is 19.1 Å². The Labute approximate surface area is 246 Å². The van der Waals surface area contributed by atoms with Crippen molar-refractivity contribution >= 4 is 27.6 Å². The van der Waals surface area contributed by atoms with Crippen molar-refractivity contribution in [3.8, 4) is 17.2 Å². The Bertz CT molecular complexity index is 1390. The third-order valence-electron chi connectivity index (χ3n) is 8.35. The molecule has 1 amide bonds. The molecule has 13 heteroatoms. The number of carboxylic acid groups (broad SMARTS) is 1. The van der Waals surface area contributed by atoms with E-state index < -0.39 is 33.9 Å². The number of fused-ring (bicyclic) bond motifs is 1. The van der Waals surface area contributed by atoms with Gasteiger partial charge in [-0.15, -0.1) is 0 Å². The smallest absolute Gasteiger partial charge is 0.308 e. The number of rotatable bonds is 12. The fourth-order valence-corrected chi connectivity index (χ4v) is 7.80. The van der Waals surface area contributed by atoms with Gasteiger partial charge in [-0.25, -0.2) is 12.7 Å². The fourth-order valence-electron chi connectivity index (χ4n) is 6.26. The number of amides is 1. The SMILES string of the molecule is CCCCN(C(=O)CN1CC(c2cc(OC)c3c(c2)OCO3)C(C(=O)O)C1CCN1CCCS1(=O)=O)c1cccnc1. The second-order valence-electron chi connectivity index (χ2n) is 10.9. The Morgan fingerprint density at radius 1 is 1.26 bits per heavy atom. The maximum absolute atomic E-state index is 13.8. The van der Waals surface area contributed by atoms with Gasteiger partial charge in [0.05, 0.1) is 37.2 Å². The maximum atomic E-state index is 13.8. The number of hydrogen-bond donors (Lipinski definition) is 1. The normalized spacial score (nSPS) is 23.2. The summed E-state index contributed by atoms with van der Waals surface area (Å²) < 4.78 is 43.2. The van der Waals surface area contributed by atoms with E-state index in [0.29, 0.717) is 48.0 Å². The molecular weight excluding hydrogens is 564 g/mol. The molecule has 0 radical (unpaired) electrons. The number of carbonyl (C=O) groups excluding carboxylic acids is 1. The molecule has 0 spiro atoms. The monoisotopic (exact) mass is 602 g/mol. The highest BCUT2D eigenvalue weighted by Gasteiger charge is 2.48. The number of benzene rings is 1. The minimum Gasteiger partial charge on any atom is -0.493 e. The molecule has 12 nitrogen and oxygen atoms in total. The zero-order valence-electron chi connectivity index (χ0n) is 24.0. The maximum Gasteiger partial charge on any atom is 0.308 e. The second kappa shape index (κ2) is 12.8. The summed E-state index contributed by atoms with van der Waals surface area (Å²) in [5, 5.41) is 10.5. The third kappa shape index (κ3) is 6.18. The molecule has 2 saturated heterocycles.